The van der Waals surface area contributed by atoms with Crippen LogP contribution >= 0.6 is 0 Å². The molecule has 1 amide bonds. The second kappa shape index (κ2) is 7.78. The largest absolute Gasteiger partial charge is 0.481 e. The van der Waals surface area contributed by atoms with E-state index in [1.807, 2.05) is 13.8 Å². The molecular weight excluding hydrogens is 158 g/mol. The standard InChI is InChI=1S/C4H7NO3.C4H8/c5-3(6)1-2-4(7)8;1-4(2)3/h1-2H2,(H2,5,6)(H,7,8);1H2,2-3H3. The summed E-state index contributed by atoms with van der Waals surface area (Å²) in [6.45, 7) is 7.50. The van der Waals surface area contributed by atoms with Crippen LogP contribution in [0.4, 0.5) is 0 Å². The van der Waals surface area contributed by atoms with Crippen molar-refractivity contribution in [1.29, 1.82) is 0 Å². The van der Waals surface area contributed by atoms with E-state index in [-0.39, 0.29) is 12.8 Å². The fraction of sp³-hybridized carbons (Fsp3) is 0.500. The van der Waals surface area contributed by atoms with Gasteiger partial charge in [0.2, 0.25) is 5.91 Å². The van der Waals surface area contributed by atoms with Gasteiger partial charge in [0.1, 0.15) is 0 Å². The van der Waals surface area contributed by atoms with Crippen molar-refractivity contribution in [2.75, 3.05) is 0 Å². The smallest absolute Gasteiger partial charge is 0.303 e. The van der Waals surface area contributed by atoms with Crippen molar-refractivity contribution in [3.05, 3.63) is 12.2 Å². The van der Waals surface area contributed by atoms with E-state index < -0.39 is 11.9 Å². The number of carbonyl (C=O) groups is 2. The Morgan fingerprint density at radius 2 is 1.67 bits per heavy atom. The number of nitrogens with two attached hydrogens (primary N) is 1. The minimum atomic E-state index is -0.996. The molecule has 4 nitrogen and oxygen atoms in total. The molecule has 0 saturated heterocycles. The van der Waals surface area contributed by atoms with Crippen LogP contribution in [0, 0.1) is 0 Å². The average molecular weight is 173 g/mol. The van der Waals surface area contributed by atoms with E-state index in [0.717, 1.165) is 0 Å². The van der Waals surface area contributed by atoms with Crippen LogP contribution < -0.4 is 5.73 Å². The summed E-state index contributed by atoms with van der Waals surface area (Å²) in [5.74, 6) is -1.57. The maximum Gasteiger partial charge on any atom is 0.303 e. The van der Waals surface area contributed by atoms with E-state index in [1.165, 1.54) is 5.57 Å². The molecule has 70 valence electrons. The SMILES string of the molecule is C=C(C)C.NC(=O)CCC(=O)O. The van der Waals surface area contributed by atoms with Crippen LogP contribution in [0.3, 0.4) is 0 Å². The van der Waals surface area contributed by atoms with E-state index in [2.05, 4.69) is 12.3 Å². The van der Waals surface area contributed by atoms with Gasteiger partial charge in [0.05, 0.1) is 6.42 Å². The maximum absolute atomic E-state index is 9.86. The Kier molecular flexibility index (Phi) is 8.62. The topological polar surface area (TPSA) is 80.4 Å². The molecule has 0 aliphatic heterocycles. The predicted molar refractivity (Wildman–Crippen MR) is 46.6 cm³/mol. The van der Waals surface area contributed by atoms with Crippen LogP contribution in [0.25, 0.3) is 0 Å². The van der Waals surface area contributed by atoms with E-state index in [0.29, 0.717) is 0 Å². The third kappa shape index (κ3) is 37.8. The summed E-state index contributed by atoms with van der Waals surface area (Å²) in [6.07, 6.45) is -0.245. The molecule has 0 heterocycles. The fourth-order valence-corrected chi connectivity index (χ4v) is 0.230. The van der Waals surface area contributed by atoms with Crippen molar-refractivity contribution >= 4 is 11.9 Å². The molecule has 0 rings (SSSR count). The molecule has 0 unspecified atom stereocenters. The first kappa shape index (κ1) is 13.3. The van der Waals surface area contributed by atoms with Gasteiger partial charge < -0.3 is 10.8 Å². The highest BCUT2D eigenvalue weighted by molar-refractivity contribution is 5.79. The molecule has 4 heteroatoms. The van der Waals surface area contributed by atoms with Gasteiger partial charge in [0, 0.05) is 6.42 Å². The Bertz CT molecular complexity index is 157. The lowest BCUT2D eigenvalue weighted by Crippen LogP contribution is -2.12. The van der Waals surface area contributed by atoms with Crippen molar-refractivity contribution in [1.82, 2.24) is 0 Å². The number of hydrogen-bond donors (Lipinski definition) is 2. The molecule has 0 aromatic heterocycles. The Morgan fingerprint density at radius 3 is 1.75 bits per heavy atom. The van der Waals surface area contributed by atoms with E-state index >= 15 is 0 Å². The van der Waals surface area contributed by atoms with E-state index in [1.54, 1.807) is 0 Å². The van der Waals surface area contributed by atoms with Crippen LogP contribution in [-0.4, -0.2) is 17.0 Å². The number of primary amides is 1. The van der Waals surface area contributed by atoms with Gasteiger partial charge in [0.25, 0.3) is 0 Å². The summed E-state index contributed by atoms with van der Waals surface area (Å²) in [5, 5.41) is 7.95. The minimum Gasteiger partial charge on any atom is -0.481 e. The van der Waals surface area contributed by atoms with E-state index in [9.17, 15) is 9.59 Å². The molecule has 3 N–H and O–H groups in total. The van der Waals surface area contributed by atoms with Crippen LogP contribution in [0.15, 0.2) is 12.2 Å². The molecule has 12 heavy (non-hydrogen) atoms. The molecule has 0 aliphatic carbocycles. The highest BCUT2D eigenvalue weighted by atomic mass is 16.4. The van der Waals surface area contributed by atoms with Gasteiger partial charge in [-0.1, -0.05) is 5.57 Å². The maximum atomic E-state index is 9.86. The number of carbonyl (C=O) groups excluding carboxylic acids is 1. The Hall–Kier alpha value is -1.32. The highest BCUT2D eigenvalue weighted by Gasteiger charge is 1.98. The van der Waals surface area contributed by atoms with Crippen molar-refractivity contribution in [3.63, 3.8) is 0 Å². The van der Waals surface area contributed by atoms with Gasteiger partial charge in [-0.05, 0) is 13.8 Å². The number of aliphatic carboxylic acids is 1. The van der Waals surface area contributed by atoms with Crippen LogP contribution in [0.2, 0.25) is 0 Å². The molecule has 0 aromatic rings. The number of allylic oxidation sites excluding steroid dienone is 1. The second-order valence-electron chi connectivity index (χ2n) is 2.57. The quantitative estimate of drug-likeness (QED) is 0.622. The lowest BCUT2D eigenvalue weighted by molar-refractivity contribution is -0.138. The summed E-state index contributed by atoms with van der Waals surface area (Å²) >= 11 is 0. The normalized spacial score (nSPS) is 7.83. The number of amides is 1. The zero-order valence-electron chi connectivity index (χ0n) is 7.46. The average Bonchev–Trinajstić information content (AvgIpc) is 1.82. The van der Waals surface area contributed by atoms with Crippen molar-refractivity contribution in [3.8, 4) is 0 Å². The lowest BCUT2D eigenvalue weighted by atomic mass is 10.3. The summed E-state index contributed by atoms with van der Waals surface area (Å²) in [7, 11) is 0. The van der Waals surface area contributed by atoms with Crippen molar-refractivity contribution < 1.29 is 14.7 Å². The second-order valence-corrected chi connectivity index (χ2v) is 2.57. The number of hydrogen-bond acceptors (Lipinski definition) is 2. The van der Waals surface area contributed by atoms with Crippen LogP contribution in [-0.2, 0) is 9.59 Å². The van der Waals surface area contributed by atoms with E-state index in [4.69, 9.17) is 5.11 Å². The molecule has 0 fully saturated rings. The van der Waals surface area contributed by atoms with Crippen molar-refractivity contribution in [2.45, 2.75) is 26.7 Å². The van der Waals surface area contributed by atoms with Gasteiger partial charge in [-0.25, -0.2) is 0 Å². The molecule has 0 atom stereocenters. The first-order valence-electron chi connectivity index (χ1n) is 3.48. The molecule has 0 saturated carbocycles. The number of carboxylic acids is 1. The Labute approximate surface area is 72.1 Å². The van der Waals surface area contributed by atoms with Gasteiger partial charge in [-0.3, -0.25) is 9.59 Å². The van der Waals surface area contributed by atoms with Crippen LogP contribution in [0.5, 0.6) is 0 Å². The van der Waals surface area contributed by atoms with Gasteiger partial charge in [-0.2, -0.15) is 0 Å². The van der Waals surface area contributed by atoms with Crippen LogP contribution in [0.1, 0.15) is 26.7 Å². The van der Waals surface area contributed by atoms with Gasteiger partial charge in [-0.15, -0.1) is 6.58 Å². The number of carboxylic acid groups (broad SMARTS) is 1. The van der Waals surface area contributed by atoms with Gasteiger partial charge in [0.15, 0.2) is 0 Å². The van der Waals surface area contributed by atoms with Crippen molar-refractivity contribution in [2.24, 2.45) is 5.73 Å². The zero-order chi connectivity index (χ0) is 10.1. The Balaban J connectivity index is 0. The predicted octanol–water partition coefficient (Wildman–Crippen LogP) is 0.919. The molecule has 0 bridgehead atoms. The number of rotatable bonds is 3. The summed E-state index contributed by atoms with van der Waals surface area (Å²) in [5.41, 5.74) is 5.81. The minimum absolute atomic E-state index is 0.0741. The highest BCUT2D eigenvalue weighted by Crippen LogP contribution is 1.84. The molecule has 0 aromatic carbocycles. The van der Waals surface area contributed by atoms with Gasteiger partial charge >= 0.3 is 5.97 Å². The summed E-state index contributed by atoms with van der Waals surface area (Å²) < 4.78 is 0. The third-order valence-electron chi connectivity index (χ3n) is 0.585. The Morgan fingerprint density at radius 1 is 1.33 bits per heavy atom. The third-order valence-corrected chi connectivity index (χ3v) is 0.585. The zero-order valence-corrected chi connectivity index (χ0v) is 7.46. The fourth-order valence-electron chi connectivity index (χ4n) is 0.230. The summed E-state index contributed by atoms with van der Waals surface area (Å²) in [6, 6.07) is 0. The monoisotopic (exact) mass is 173 g/mol. The molecule has 0 aliphatic rings. The molecular formula is C8H15NO3. The first-order chi connectivity index (χ1) is 5.36. The lowest BCUT2D eigenvalue weighted by Gasteiger charge is -1.86. The first-order valence-corrected chi connectivity index (χ1v) is 3.48. The molecule has 0 radical (unpaired) electrons. The molecule has 0 spiro atoms. The summed E-state index contributed by atoms with van der Waals surface area (Å²) in [4.78, 5) is 19.6.